The number of thiophene rings is 1. The van der Waals surface area contributed by atoms with E-state index in [-0.39, 0.29) is 47.9 Å². The maximum atomic E-state index is 12.2. The molecule has 3 heterocycles. The van der Waals surface area contributed by atoms with E-state index < -0.39 is 0 Å². The Labute approximate surface area is 331 Å². The molecule has 0 aliphatic rings. The van der Waals surface area contributed by atoms with E-state index >= 15 is 0 Å². The quantitative estimate of drug-likeness (QED) is 0.0622. The Bertz CT molecular complexity index is 2010. The van der Waals surface area contributed by atoms with E-state index in [1.54, 1.807) is 11.3 Å². The fraction of sp³-hybridized carbons (Fsp3) is 0.435. The van der Waals surface area contributed by atoms with Gasteiger partial charge < -0.3 is 9.67 Å². The van der Waals surface area contributed by atoms with Crippen molar-refractivity contribution in [3.8, 4) is 22.4 Å². The van der Waals surface area contributed by atoms with Crippen LogP contribution in [0.1, 0.15) is 113 Å². The molecule has 0 saturated heterocycles. The van der Waals surface area contributed by atoms with Crippen molar-refractivity contribution < 1.29 is 34.6 Å². The fourth-order valence-electron chi connectivity index (χ4n) is 6.37. The minimum atomic E-state index is -0.337. The monoisotopic (exact) mass is 896 g/mol. The number of nitrogens with zero attached hydrogens (tertiary/aromatic N) is 2. The molecule has 0 amide bonds. The van der Waals surface area contributed by atoms with E-state index in [9.17, 15) is 9.90 Å². The van der Waals surface area contributed by atoms with Crippen molar-refractivity contribution in [2.75, 3.05) is 0 Å². The van der Waals surface area contributed by atoms with Gasteiger partial charge in [0, 0.05) is 71.6 Å². The van der Waals surface area contributed by atoms with Crippen molar-refractivity contribution in [3.63, 3.8) is 0 Å². The Morgan fingerprint density at radius 1 is 0.942 bits per heavy atom. The maximum absolute atomic E-state index is 12.2. The van der Waals surface area contributed by atoms with Crippen LogP contribution in [0.3, 0.4) is 0 Å². The number of ketones is 1. The average Bonchev–Trinajstić information content (AvgIpc) is 3.61. The summed E-state index contributed by atoms with van der Waals surface area (Å²) in [5.41, 5.74) is 6.37. The first kappa shape index (κ1) is 43.1. The normalized spacial score (nSPS) is 12.5. The number of rotatable bonds is 11. The molecule has 4 nitrogen and oxygen atoms in total. The number of aliphatic hydroxyl groups is 1. The number of carbonyl (C=O) groups excluding carboxylic acids is 1. The van der Waals surface area contributed by atoms with Crippen molar-refractivity contribution in [2.45, 2.75) is 114 Å². The summed E-state index contributed by atoms with van der Waals surface area (Å²) in [6.07, 6.45) is 9.85. The molecule has 0 saturated carbocycles. The molecule has 5 aromatic rings. The minimum Gasteiger partial charge on any atom is -0.512 e. The Kier molecular flexibility index (Phi) is 14.6. The van der Waals surface area contributed by atoms with Crippen LogP contribution in [0.2, 0.25) is 0 Å². The molecule has 0 atom stereocenters. The standard InChI is InChI=1S/C31H31N2S.C15H28O2.Ir/c1-20(2)15-28-25-12-14-34-30(25)26(19-32-28)22-11-13-33(6)29(18-22)23-16-21-9-7-8-10-24(21)27(17-23)31(3,4)5;1-7-14(5,8-2)12(16)11-13(17)15(6,9-3)10-4;/h7-14,17-20H,6,15H2,1-5H3;11,16H,7-10H2,1-6H3;/q-1;;/b;12-11-;. The van der Waals surface area contributed by atoms with Gasteiger partial charge in [-0.1, -0.05) is 105 Å². The zero-order valence-corrected chi connectivity index (χ0v) is 36.5. The van der Waals surface area contributed by atoms with E-state index in [0.717, 1.165) is 54.3 Å². The second kappa shape index (κ2) is 17.7. The largest absolute Gasteiger partial charge is 0.512 e. The molecule has 0 unspecified atom stereocenters. The van der Waals surface area contributed by atoms with Gasteiger partial charge in [0.2, 0.25) is 0 Å². The molecule has 0 spiro atoms. The molecule has 0 fully saturated rings. The minimum absolute atomic E-state index is 0. The van der Waals surface area contributed by atoms with Gasteiger partial charge in [-0.25, -0.2) is 0 Å². The maximum Gasteiger partial charge on any atom is 0.164 e. The third-order valence-corrected chi connectivity index (χ3v) is 11.9. The summed E-state index contributed by atoms with van der Waals surface area (Å²) >= 11 is 1.79. The second-order valence-electron chi connectivity index (χ2n) is 16.0. The van der Waals surface area contributed by atoms with Crippen LogP contribution in [0, 0.1) is 29.9 Å². The van der Waals surface area contributed by atoms with Crippen LogP contribution in [0.5, 0.6) is 0 Å². The SMILES string of the molecule is CCC(C)(CC)C(=O)/C=C(\O)C(C)(CC)CC.[CH2-][n+]1ccc(-c2cnc(CC(C)C)c3ccsc23)cc1-c1[c-]c2ccccc2c(C(C)(C)C)c1.[Ir]. The first-order chi connectivity index (χ1) is 24.0. The third-order valence-electron chi connectivity index (χ3n) is 11.0. The van der Waals surface area contributed by atoms with Gasteiger partial charge in [0.05, 0.1) is 6.20 Å². The summed E-state index contributed by atoms with van der Waals surface area (Å²) in [5.74, 6) is 0.865. The Hall–Kier alpha value is -3.31. The first-order valence-corrected chi connectivity index (χ1v) is 19.5. The van der Waals surface area contributed by atoms with Crippen molar-refractivity contribution in [1.82, 2.24) is 4.98 Å². The van der Waals surface area contributed by atoms with Crippen LogP contribution in [0.25, 0.3) is 43.2 Å². The molecule has 1 N–H and O–H groups in total. The van der Waals surface area contributed by atoms with Gasteiger partial charge in [-0.05, 0) is 72.6 Å². The van der Waals surface area contributed by atoms with Gasteiger partial charge in [-0.2, -0.15) is 0 Å². The smallest absolute Gasteiger partial charge is 0.164 e. The van der Waals surface area contributed by atoms with Crippen molar-refractivity contribution >= 4 is 38.0 Å². The van der Waals surface area contributed by atoms with Crippen LogP contribution >= 0.6 is 11.3 Å². The Balaban J connectivity index is 0.000000347. The zero-order chi connectivity index (χ0) is 37.7. The molecule has 0 bridgehead atoms. The Morgan fingerprint density at radius 3 is 2.17 bits per heavy atom. The number of hydrogen-bond donors (Lipinski definition) is 1. The molecule has 6 heteroatoms. The molecule has 0 aliphatic heterocycles. The van der Waals surface area contributed by atoms with Crippen LogP contribution < -0.4 is 4.57 Å². The van der Waals surface area contributed by atoms with Crippen molar-refractivity contribution in [1.29, 1.82) is 0 Å². The number of fused-ring (bicyclic) bond motifs is 2. The summed E-state index contributed by atoms with van der Waals surface area (Å²) in [6, 6.07) is 21.1. The van der Waals surface area contributed by atoms with E-state index in [0.29, 0.717) is 5.92 Å². The van der Waals surface area contributed by atoms with Gasteiger partial charge in [-0.3, -0.25) is 9.78 Å². The molecular formula is C46H59IrN2O2S-. The Morgan fingerprint density at radius 2 is 1.58 bits per heavy atom. The molecular weight excluding hydrogens is 837 g/mol. The number of hydrogen-bond acceptors (Lipinski definition) is 4. The number of aromatic nitrogens is 2. The summed E-state index contributed by atoms with van der Waals surface area (Å²) in [6.45, 7) is 23.4. The zero-order valence-electron chi connectivity index (χ0n) is 33.2. The molecule has 281 valence electrons. The van der Waals surface area contributed by atoms with E-state index in [1.807, 2.05) is 58.5 Å². The third kappa shape index (κ3) is 9.43. The predicted molar refractivity (Wildman–Crippen MR) is 218 cm³/mol. The number of benzene rings is 2. The van der Waals surface area contributed by atoms with Crippen molar-refractivity contribution in [2.24, 2.45) is 16.7 Å². The van der Waals surface area contributed by atoms with Crippen LogP contribution in [-0.2, 0) is 36.7 Å². The first-order valence-electron chi connectivity index (χ1n) is 18.6. The molecule has 3 aromatic heterocycles. The number of pyridine rings is 2. The number of carbonyl (C=O) groups is 1. The van der Waals surface area contributed by atoms with E-state index in [1.165, 1.54) is 38.4 Å². The molecule has 1 radical (unpaired) electrons. The average molecular weight is 896 g/mol. The van der Waals surface area contributed by atoms with Gasteiger partial charge in [0.25, 0.3) is 0 Å². The van der Waals surface area contributed by atoms with Gasteiger partial charge in [-0.15, -0.1) is 40.5 Å². The van der Waals surface area contributed by atoms with Gasteiger partial charge in [0.15, 0.2) is 5.78 Å². The summed E-state index contributed by atoms with van der Waals surface area (Å²) < 4.78 is 3.25. The van der Waals surface area contributed by atoms with Crippen molar-refractivity contribution in [3.05, 3.63) is 103 Å². The topological polar surface area (TPSA) is 54.1 Å². The fourth-order valence-corrected chi connectivity index (χ4v) is 7.32. The summed E-state index contributed by atoms with van der Waals surface area (Å²) in [5, 5.41) is 16.0. The number of allylic oxidation sites excluding steroid dienone is 2. The number of aliphatic hydroxyl groups excluding tert-OH is 1. The molecule has 5 rings (SSSR count). The van der Waals surface area contributed by atoms with Gasteiger partial charge >= 0.3 is 0 Å². The second-order valence-corrected chi connectivity index (χ2v) is 16.9. The molecule has 52 heavy (non-hydrogen) atoms. The van der Waals surface area contributed by atoms with E-state index in [4.69, 9.17) is 4.98 Å². The van der Waals surface area contributed by atoms with E-state index in [2.05, 4.69) is 102 Å². The van der Waals surface area contributed by atoms with Crippen LogP contribution in [0.4, 0.5) is 0 Å². The predicted octanol–water partition coefficient (Wildman–Crippen LogP) is 12.7. The van der Waals surface area contributed by atoms with Crippen LogP contribution in [0.15, 0.2) is 78.1 Å². The summed E-state index contributed by atoms with van der Waals surface area (Å²) in [7, 11) is 4.29. The van der Waals surface area contributed by atoms with Crippen LogP contribution in [-0.4, -0.2) is 15.9 Å². The molecule has 2 aromatic carbocycles. The summed E-state index contributed by atoms with van der Waals surface area (Å²) in [4.78, 5) is 17.1. The van der Waals surface area contributed by atoms with Gasteiger partial charge in [0.1, 0.15) is 11.5 Å². The molecule has 0 aliphatic carbocycles.